The predicted molar refractivity (Wildman–Crippen MR) is 79.1 cm³/mol. The second-order valence-electron chi connectivity index (χ2n) is 5.82. The molecule has 0 radical (unpaired) electrons. The van der Waals surface area contributed by atoms with E-state index in [0.717, 1.165) is 19.8 Å². The van der Waals surface area contributed by atoms with Gasteiger partial charge in [-0.2, -0.15) is 0 Å². The molecule has 0 amide bonds. The summed E-state index contributed by atoms with van der Waals surface area (Å²) in [5.41, 5.74) is 0.361. The number of hydrogen-bond acceptors (Lipinski definition) is 2. The molecule has 0 aromatic rings. The Labute approximate surface area is 114 Å². The van der Waals surface area contributed by atoms with Gasteiger partial charge < -0.3 is 4.74 Å². The maximum absolute atomic E-state index is 5.85. The summed E-state index contributed by atoms with van der Waals surface area (Å²) in [5.74, 6) is 0. The van der Waals surface area contributed by atoms with E-state index in [-0.39, 0.29) is 0 Å². The monoisotopic (exact) mass is 255 g/mol. The minimum Gasteiger partial charge on any atom is -0.378 e. The highest BCUT2D eigenvalue weighted by atomic mass is 16.5. The van der Waals surface area contributed by atoms with Crippen LogP contribution < -0.4 is 0 Å². The molecule has 0 atom stereocenters. The van der Waals surface area contributed by atoms with E-state index < -0.39 is 0 Å². The molecule has 18 heavy (non-hydrogen) atoms. The second-order valence-corrected chi connectivity index (χ2v) is 5.82. The van der Waals surface area contributed by atoms with Crippen LogP contribution in [0, 0.1) is 0 Å². The minimum atomic E-state index is 0.361. The third kappa shape index (κ3) is 4.55. The van der Waals surface area contributed by atoms with Gasteiger partial charge in [-0.25, -0.2) is 0 Å². The van der Waals surface area contributed by atoms with Crippen molar-refractivity contribution in [1.82, 2.24) is 4.90 Å². The molecule has 0 unspecified atom stereocenters. The van der Waals surface area contributed by atoms with E-state index in [0.29, 0.717) is 5.54 Å². The fourth-order valence-corrected chi connectivity index (χ4v) is 3.06. The SMILES string of the molecule is CCCCN1CCOCC1(CCCC)CCCC. The molecule has 0 aliphatic carbocycles. The molecule has 2 nitrogen and oxygen atoms in total. The first-order valence-corrected chi connectivity index (χ1v) is 8.12. The second kappa shape index (κ2) is 8.92. The molecular weight excluding hydrogens is 222 g/mol. The number of hydrogen-bond donors (Lipinski definition) is 0. The smallest absolute Gasteiger partial charge is 0.0651 e. The topological polar surface area (TPSA) is 12.5 Å². The van der Waals surface area contributed by atoms with Gasteiger partial charge in [0.05, 0.1) is 13.2 Å². The Hall–Kier alpha value is -0.0800. The maximum Gasteiger partial charge on any atom is 0.0651 e. The number of rotatable bonds is 9. The molecule has 108 valence electrons. The third-order valence-electron chi connectivity index (χ3n) is 4.32. The van der Waals surface area contributed by atoms with E-state index in [2.05, 4.69) is 25.7 Å². The summed E-state index contributed by atoms with van der Waals surface area (Å²) < 4.78 is 5.85. The minimum absolute atomic E-state index is 0.361. The van der Waals surface area contributed by atoms with Crippen molar-refractivity contribution in [3.05, 3.63) is 0 Å². The van der Waals surface area contributed by atoms with Gasteiger partial charge in [0.2, 0.25) is 0 Å². The highest BCUT2D eigenvalue weighted by molar-refractivity contribution is 4.92. The van der Waals surface area contributed by atoms with E-state index in [9.17, 15) is 0 Å². The fraction of sp³-hybridized carbons (Fsp3) is 1.00. The number of unbranched alkanes of at least 4 members (excludes halogenated alkanes) is 3. The molecule has 1 rings (SSSR count). The van der Waals surface area contributed by atoms with Crippen molar-refractivity contribution in [3.63, 3.8) is 0 Å². The van der Waals surface area contributed by atoms with Crippen LogP contribution in [0.4, 0.5) is 0 Å². The largest absolute Gasteiger partial charge is 0.378 e. The Kier molecular flexibility index (Phi) is 7.92. The average molecular weight is 255 g/mol. The van der Waals surface area contributed by atoms with Crippen molar-refractivity contribution < 1.29 is 4.74 Å². The molecule has 1 heterocycles. The van der Waals surface area contributed by atoms with E-state index in [1.807, 2.05) is 0 Å². The van der Waals surface area contributed by atoms with Gasteiger partial charge in [-0.05, 0) is 25.8 Å². The van der Waals surface area contributed by atoms with Crippen LogP contribution >= 0.6 is 0 Å². The summed E-state index contributed by atoms with van der Waals surface area (Å²) in [7, 11) is 0. The van der Waals surface area contributed by atoms with Gasteiger partial charge in [0.1, 0.15) is 0 Å². The van der Waals surface area contributed by atoms with E-state index in [1.54, 1.807) is 0 Å². The van der Waals surface area contributed by atoms with Crippen LogP contribution in [-0.2, 0) is 4.74 Å². The van der Waals surface area contributed by atoms with E-state index in [4.69, 9.17) is 4.74 Å². The zero-order valence-corrected chi connectivity index (χ0v) is 12.8. The van der Waals surface area contributed by atoms with Crippen molar-refractivity contribution >= 4 is 0 Å². The lowest BCUT2D eigenvalue weighted by Gasteiger charge is -2.47. The molecule has 1 aliphatic heterocycles. The molecule has 0 spiro atoms. The lowest BCUT2D eigenvalue weighted by atomic mass is 9.85. The van der Waals surface area contributed by atoms with Crippen LogP contribution in [-0.4, -0.2) is 36.7 Å². The predicted octanol–water partition coefficient (Wildman–Crippen LogP) is 4.24. The number of ether oxygens (including phenoxy) is 1. The molecule has 1 aliphatic rings. The molecule has 1 saturated heterocycles. The Morgan fingerprint density at radius 3 is 2.11 bits per heavy atom. The first kappa shape index (κ1) is 16.0. The quantitative estimate of drug-likeness (QED) is 0.611. The lowest BCUT2D eigenvalue weighted by molar-refractivity contribution is -0.0792. The molecule has 0 aromatic carbocycles. The van der Waals surface area contributed by atoms with Gasteiger partial charge in [0.15, 0.2) is 0 Å². The van der Waals surface area contributed by atoms with Crippen molar-refractivity contribution in [2.24, 2.45) is 0 Å². The van der Waals surface area contributed by atoms with Gasteiger partial charge in [-0.15, -0.1) is 0 Å². The number of nitrogens with zero attached hydrogens (tertiary/aromatic N) is 1. The molecule has 0 bridgehead atoms. The Morgan fingerprint density at radius 1 is 0.944 bits per heavy atom. The maximum atomic E-state index is 5.85. The normalized spacial score (nSPS) is 20.2. The van der Waals surface area contributed by atoms with E-state index >= 15 is 0 Å². The van der Waals surface area contributed by atoms with Crippen molar-refractivity contribution in [2.75, 3.05) is 26.3 Å². The van der Waals surface area contributed by atoms with Crippen LogP contribution in [0.2, 0.25) is 0 Å². The first-order chi connectivity index (χ1) is 8.79. The number of morpholine rings is 1. The zero-order chi connectivity index (χ0) is 13.3. The highest BCUT2D eigenvalue weighted by Crippen LogP contribution is 2.31. The van der Waals surface area contributed by atoms with Crippen LogP contribution in [0.15, 0.2) is 0 Å². The van der Waals surface area contributed by atoms with Crippen molar-refractivity contribution in [3.8, 4) is 0 Å². The Balaban J connectivity index is 2.65. The van der Waals surface area contributed by atoms with E-state index in [1.165, 1.54) is 57.9 Å². The summed E-state index contributed by atoms with van der Waals surface area (Å²) in [5, 5.41) is 0. The Bertz CT molecular complexity index is 197. The van der Waals surface area contributed by atoms with Gasteiger partial charge in [-0.1, -0.05) is 52.9 Å². The summed E-state index contributed by atoms with van der Waals surface area (Å²) in [4.78, 5) is 2.76. The summed E-state index contributed by atoms with van der Waals surface area (Å²) in [6.45, 7) is 11.2. The Morgan fingerprint density at radius 2 is 1.56 bits per heavy atom. The zero-order valence-electron chi connectivity index (χ0n) is 12.8. The average Bonchev–Trinajstić information content (AvgIpc) is 2.42. The van der Waals surface area contributed by atoms with Gasteiger partial charge >= 0.3 is 0 Å². The first-order valence-electron chi connectivity index (χ1n) is 8.12. The molecule has 1 fully saturated rings. The van der Waals surface area contributed by atoms with Gasteiger partial charge in [0.25, 0.3) is 0 Å². The van der Waals surface area contributed by atoms with Gasteiger partial charge in [-0.3, -0.25) is 4.90 Å². The summed E-state index contributed by atoms with van der Waals surface area (Å²) >= 11 is 0. The molecule has 0 N–H and O–H groups in total. The van der Waals surface area contributed by atoms with Crippen LogP contribution in [0.5, 0.6) is 0 Å². The van der Waals surface area contributed by atoms with Crippen LogP contribution in [0.25, 0.3) is 0 Å². The van der Waals surface area contributed by atoms with Crippen LogP contribution in [0.1, 0.15) is 72.1 Å². The van der Waals surface area contributed by atoms with Gasteiger partial charge in [0, 0.05) is 12.1 Å². The van der Waals surface area contributed by atoms with Crippen molar-refractivity contribution in [2.45, 2.75) is 77.7 Å². The summed E-state index contributed by atoms with van der Waals surface area (Å²) in [6.07, 6.45) is 10.6. The van der Waals surface area contributed by atoms with Crippen molar-refractivity contribution in [1.29, 1.82) is 0 Å². The van der Waals surface area contributed by atoms with Crippen LogP contribution in [0.3, 0.4) is 0 Å². The molecule has 0 aromatic heterocycles. The summed E-state index contributed by atoms with van der Waals surface area (Å²) in [6, 6.07) is 0. The molecular formula is C16H33NO. The lowest BCUT2D eigenvalue weighted by Crippen LogP contribution is -2.57. The fourth-order valence-electron chi connectivity index (χ4n) is 3.06. The highest BCUT2D eigenvalue weighted by Gasteiger charge is 2.37. The standard InChI is InChI=1S/C16H33NO/c1-4-7-10-16(11-8-5-2)15-18-14-13-17(16)12-9-6-3/h4-15H2,1-3H3. The molecule has 0 saturated carbocycles. The third-order valence-corrected chi connectivity index (χ3v) is 4.32. The molecule has 2 heteroatoms.